The molecule has 0 aliphatic carbocycles. The number of Topliss-reactive ketones (excluding diaryl/α,β-unsaturated/α-hetero) is 1. The van der Waals surface area contributed by atoms with E-state index >= 15 is 0 Å². The molecule has 4 nitrogen and oxygen atoms in total. The highest BCUT2D eigenvalue weighted by Crippen LogP contribution is 2.40. The number of ether oxygens (including phenoxy) is 1. The number of benzene rings is 2. The first-order valence-electron chi connectivity index (χ1n) is 7.81. The molecular formula is C19H18ClNO3. The molecule has 1 aliphatic heterocycles. The molecule has 0 aromatic heterocycles. The highest BCUT2D eigenvalue weighted by molar-refractivity contribution is 6.30. The first kappa shape index (κ1) is 16.5. The van der Waals surface area contributed by atoms with E-state index in [9.17, 15) is 9.59 Å². The average Bonchev–Trinajstić information content (AvgIpc) is 2.60. The maximum absolute atomic E-state index is 13.0. The van der Waals surface area contributed by atoms with E-state index in [1.807, 2.05) is 44.2 Å². The SMILES string of the molecule is CC(C)N1C(=O)C(c2ccccc2)Oc2ccc(C(=O)CCl)cc21. The third kappa shape index (κ3) is 2.89. The standard InChI is InChI=1S/C19H18ClNO3/c1-12(2)21-15-10-14(16(22)11-20)8-9-17(15)24-18(19(21)23)13-6-4-3-5-7-13/h3-10,12,18H,11H2,1-2H3. The van der Waals surface area contributed by atoms with Gasteiger partial charge in [-0.1, -0.05) is 30.3 Å². The molecule has 2 aromatic carbocycles. The average molecular weight is 344 g/mol. The smallest absolute Gasteiger partial charge is 0.273 e. The van der Waals surface area contributed by atoms with E-state index in [0.29, 0.717) is 17.0 Å². The topological polar surface area (TPSA) is 46.6 Å². The monoisotopic (exact) mass is 343 g/mol. The predicted molar refractivity (Wildman–Crippen MR) is 93.9 cm³/mol. The Morgan fingerprint density at radius 1 is 1.21 bits per heavy atom. The molecule has 3 rings (SSSR count). The quantitative estimate of drug-likeness (QED) is 0.623. The molecule has 1 amide bonds. The van der Waals surface area contributed by atoms with Crippen LogP contribution >= 0.6 is 11.6 Å². The van der Waals surface area contributed by atoms with Crippen LogP contribution in [0, 0.1) is 0 Å². The summed E-state index contributed by atoms with van der Waals surface area (Å²) in [5.41, 5.74) is 1.89. The van der Waals surface area contributed by atoms with Crippen LogP contribution in [0.2, 0.25) is 0 Å². The number of carbonyl (C=O) groups excluding carboxylic acids is 2. The van der Waals surface area contributed by atoms with Crippen molar-refractivity contribution in [1.82, 2.24) is 0 Å². The van der Waals surface area contributed by atoms with Gasteiger partial charge in [0.25, 0.3) is 5.91 Å². The second-order valence-corrected chi connectivity index (χ2v) is 6.22. The van der Waals surface area contributed by atoms with E-state index in [1.54, 1.807) is 23.1 Å². The lowest BCUT2D eigenvalue weighted by atomic mass is 10.0. The highest BCUT2D eigenvalue weighted by atomic mass is 35.5. The van der Waals surface area contributed by atoms with Crippen molar-refractivity contribution in [2.24, 2.45) is 0 Å². The third-order valence-corrected chi connectivity index (χ3v) is 4.23. The van der Waals surface area contributed by atoms with Gasteiger partial charge in [0, 0.05) is 17.2 Å². The second-order valence-electron chi connectivity index (χ2n) is 5.95. The number of alkyl halides is 1. The van der Waals surface area contributed by atoms with Crippen LogP contribution in [-0.2, 0) is 4.79 Å². The third-order valence-electron chi connectivity index (χ3n) is 3.99. The van der Waals surface area contributed by atoms with Crippen LogP contribution in [0.25, 0.3) is 0 Å². The molecule has 0 saturated heterocycles. The van der Waals surface area contributed by atoms with Gasteiger partial charge in [-0.2, -0.15) is 0 Å². The van der Waals surface area contributed by atoms with Crippen LogP contribution in [0.5, 0.6) is 5.75 Å². The van der Waals surface area contributed by atoms with Crippen molar-refractivity contribution < 1.29 is 14.3 Å². The van der Waals surface area contributed by atoms with Gasteiger partial charge in [-0.05, 0) is 32.0 Å². The molecule has 0 fully saturated rings. The van der Waals surface area contributed by atoms with E-state index in [4.69, 9.17) is 16.3 Å². The largest absolute Gasteiger partial charge is 0.474 e. The van der Waals surface area contributed by atoms with Gasteiger partial charge in [-0.3, -0.25) is 9.59 Å². The molecule has 0 spiro atoms. The summed E-state index contributed by atoms with van der Waals surface area (Å²) in [6.07, 6.45) is -0.685. The number of nitrogens with zero attached hydrogens (tertiary/aromatic N) is 1. The summed E-state index contributed by atoms with van der Waals surface area (Å²) >= 11 is 5.64. The lowest BCUT2D eigenvalue weighted by molar-refractivity contribution is -0.127. The fourth-order valence-electron chi connectivity index (χ4n) is 2.85. The Bertz CT molecular complexity index is 773. The highest BCUT2D eigenvalue weighted by Gasteiger charge is 2.37. The molecule has 2 aromatic rings. The van der Waals surface area contributed by atoms with Gasteiger partial charge in [-0.15, -0.1) is 11.6 Å². The summed E-state index contributed by atoms with van der Waals surface area (Å²) in [6.45, 7) is 3.87. The minimum absolute atomic E-state index is 0.0623. The molecule has 1 aliphatic rings. The molecule has 1 heterocycles. The Balaban J connectivity index is 2.07. The summed E-state index contributed by atoms with van der Waals surface area (Å²) < 4.78 is 5.94. The molecule has 0 radical (unpaired) electrons. The molecule has 24 heavy (non-hydrogen) atoms. The second kappa shape index (κ2) is 6.65. The number of carbonyl (C=O) groups is 2. The van der Waals surface area contributed by atoms with E-state index in [0.717, 1.165) is 5.56 Å². The van der Waals surface area contributed by atoms with Gasteiger partial charge in [-0.25, -0.2) is 0 Å². The number of hydrogen-bond acceptors (Lipinski definition) is 3. The summed E-state index contributed by atoms with van der Waals surface area (Å²) in [7, 11) is 0. The zero-order valence-electron chi connectivity index (χ0n) is 13.5. The van der Waals surface area contributed by atoms with Crippen LogP contribution in [-0.4, -0.2) is 23.6 Å². The van der Waals surface area contributed by atoms with Crippen molar-refractivity contribution >= 4 is 29.0 Å². The van der Waals surface area contributed by atoms with Gasteiger partial charge >= 0.3 is 0 Å². The van der Waals surface area contributed by atoms with E-state index < -0.39 is 6.10 Å². The van der Waals surface area contributed by atoms with Crippen LogP contribution in [0.4, 0.5) is 5.69 Å². The van der Waals surface area contributed by atoms with Crippen molar-refractivity contribution in [3.8, 4) is 5.75 Å². The number of halogens is 1. The van der Waals surface area contributed by atoms with E-state index in [1.165, 1.54) is 0 Å². The van der Waals surface area contributed by atoms with Crippen LogP contribution in [0.15, 0.2) is 48.5 Å². The van der Waals surface area contributed by atoms with Crippen LogP contribution in [0.3, 0.4) is 0 Å². The Morgan fingerprint density at radius 2 is 1.92 bits per heavy atom. The lowest BCUT2D eigenvalue weighted by Gasteiger charge is -2.37. The number of hydrogen-bond donors (Lipinski definition) is 0. The summed E-state index contributed by atoms with van der Waals surface area (Å²) in [4.78, 5) is 26.5. The maximum atomic E-state index is 13.0. The minimum Gasteiger partial charge on any atom is -0.474 e. The van der Waals surface area contributed by atoms with Crippen molar-refractivity contribution in [2.45, 2.75) is 26.0 Å². The summed E-state index contributed by atoms with van der Waals surface area (Å²) in [5.74, 6) is 0.172. The fraction of sp³-hybridized carbons (Fsp3) is 0.263. The Morgan fingerprint density at radius 3 is 2.54 bits per heavy atom. The van der Waals surface area contributed by atoms with Gasteiger partial charge in [0.15, 0.2) is 5.78 Å². The minimum atomic E-state index is -0.685. The number of fused-ring (bicyclic) bond motifs is 1. The summed E-state index contributed by atoms with van der Waals surface area (Å²) in [6, 6.07) is 14.4. The van der Waals surface area contributed by atoms with Gasteiger partial charge < -0.3 is 9.64 Å². The van der Waals surface area contributed by atoms with Crippen LogP contribution < -0.4 is 9.64 Å². The number of amides is 1. The lowest BCUT2D eigenvalue weighted by Crippen LogP contribution is -2.45. The number of ketones is 1. The molecule has 1 unspecified atom stereocenters. The molecule has 124 valence electrons. The molecule has 1 atom stereocenters. The Labute approximate surface area is 146 Å². The Kier molecular flexibility index (Phi) is 4.58. The molecule has 0 saturated carbocycles. The molecule has 0 bridgehead atoms. The zero-order chi connectivity index (χ0) is 17.3. The van der Waals surface area contributed by atoms with Crippen molar-refractivity contribution in [3.05, 3.63) is 59.7 Å². The van der Waals surface area contributed by atoms with Crippen molar-refractivity contribution in [2.75, 3.05) is 10.8 Å². The first-order chi connectivity index (χ1) is 11.5. The van der Waals surface area contributed by atoms with E-state index in [-0.39, 0.29) is 23.6 Å². The molecule has 5 heteroatoms. The number of anilines is 1. The summed E-state index contributed by atoms with van der Waals surface area (Å²) in [5, 5.41) is 0. The first-order valence-corrected chi connectivity index (χ1v) is 8.34. The van der Waals surface area contributed by atoms with Gasteiger partial charge in [0.1, 0.15) is 5.75 Å². The Hall–Kier alpha value is -2.33. The predicted octanol–water partition coefficient (Wildman–Crippen LogP) is 3.98. The van der Waals surface area contributed by atoms with Gasteiger partial charge in [0.05, 0.1) is 11.6 Å². The molecular weight excluding hydrogens is 326 g/mol. The van der Waals surface area contributed by atoms with E-state index in [2.05, 4.69) is 0 Å². The zero-order valence-corrected chi connectivity index (χ0v) is 14.3. The fourth-order valence-corrected chi connectivity index (χ4v) is 3.00. The van der Waals surface area contributed by atoms with Gasteiger partial charge in [0.2, 0.25) is 6.10 Å². The van der Waals surface area contributed by atoms with Crippen molar-refractivity contribution in [1.29, 1.82) is 0 Å². The molecule has 0 N–H and O–H groups in total. The normalized spacial score (nSPS) is 16.8. The van der Waals surface area contributed by atoms with Crippen molar-refractivity contribution in [3.63, 3.8) is 0 Å². The maximum Gasteiger partial charge on any atom is 0.273 e. The number of rotatable bonds is 4. The van der Waals surface area contributed by atoms with Crippen LogP contribution in [0.1, 0.15) is 35.9 Å².